The summed E-state index contributed by atoms with van der Waals surface area (Å²) in [5.41, 5.74) is 1.46. The molecule has 0 unspecified atom stereocenters. The van der Waals surface area contributed by atoms with Crippen LogP contribution in [0.4, 0.5) is 5.69 Å². The first kappa shape index (κ1) is 9.11. The normalized spacial score (nSPS) is 11.3. The summed E-state index contributed by atoms with van der Waals surface area (Å²) in [6, 6.07) is 10.4. The van der Waals surface area contributed by atoms with Crippen molar-refractivity contribution in [2.45, 2.75) is 26.3 Å². The lowest BCUT2D eigenvalue weighted by molar-refractivity contribution is 0.539. The van der Waals surface area contributed by atoms with E-state index in [1.54, 1.807) is 0 Å². The second-order valence-electron chi connectivity index (χ2n) is 4.07. The number of anilines is 1. The molecule has 66 valence electrons. The van der Waals surface area contributed by atoms with Gasteiger partial charge < -0.3 is 4.90 Å². The highest BCUT2D eigenvalue weighted by Gasteiger charge is 2.16. The minimum atomic E-state index is 0.196. The van der Waals surface area contributed by atoms with E-state index >= 15 is 0 Å². The zero-order valence-corrected chi connectivity index (χ0v) is 8.33. The smallest absolute Gasteiger partial charge is 0.0367 e. The summed E-state index contributed by atoms with van der Waals surface area (Å²) in [6.07, 6.45) is 0. The van der Waals surface area contributed by atoms with E-state index in [0.717, 1.165) is 0 Å². The second-order valence-corrected chi connectivity index (χ2v) is 4.07. The number of nitrogens with zero attached hydrogens (tertiary/aromatic N) is 1. The van der Waals surface area contributed by atoms with Gasteiger partial charge in [0.05, 0.1) is 0 Å². The molecule has 1 nitrogen and oxygen atoms in total. The number of hydrogen-bond acceptors (Lipinski definition) is 1. The molecule has 0 saturated carbocycles. The molecule has 0 N–H and O–H groups in total. The fourth-order valence-corrected chi connectivity index (χ4v) is 1.04. The first-order valence-electron chi connectivity index (χ1n) is 4.31. The van der Waals surface area contributed by atoms with Crippen molar-refractivity contribution in [3.05, 3.63) is 30.3 Å². The van der Waals surface area contributed by atoms with Crippen LogP contribution in [0, 0.1) is 0 Å². The van der Waals surface area contributed by atoms with Crippen LogP contribution in [0.1, 0.15) is 20.8 Å². The largest absolute Gasteiger partial charge is 0.370 e. The van der Waals surface area contributed by atoms with Crippen LogP contribution in [0.15, 0.2) is 30.3 Å². The number of para-hydroxylation sites is 1. The molecule has 0 spiro atoms. The Hall–Kier alpha value is -0.980. The molecule has 0 aromatic heterocycles. The molecule has 0 radical (unpaired) electrons. The van der Waals surface area contributed by atoms with Gasteiger partial charge >= 0.3 is 0 Å². The standard InChI is InChI=1S/C11H17N/c1-11(2,3)12(4)10-8-6-5-7-9-10/h5-9H,1-4H3. The van der Waals surface area contributed by atoms with Crippen LogP contribution < -0.4 is 4.90 Å². The van der Waals surface area contributed by atoms with Gasteiger partial charge in [-0.1, -0.05) is 18.2 Å². The topological polar surface area (TPSA) is 3.24 Å². The van der Waals surface area contributed by atoms with Crippen LogP contribution in [0.25, 0.3) is 0 Å². The first-order valence-corrected chi connectivity index (χ1v) is 4.31. The summed E-state index contributed by atoms with van der Waals surface area (Å²) >= 11 is 0. The van der Waals surface area contributed by atoms with Crippen molar-refractivity contribution < 1.29 is 0 Å². The molecular weight excluding hydrogens is 146 g/mol. The maximum atomic E-state index is 2.27. The molecular formula is C11H17N. The fourth-order valence-electron chi connectivity index (χ4n) is 1.04. The van der Waals surface area contributed by atoms with Crippen LogP contribution in [0.2, 0.25) is 0 Å². The Labute approximate surface area is 75.0 Å². The van der Waals surface area contributed by atoms with Crippen LogP contribution in [-0.4, -0.2) is 12.6 Å². The molecule has 0 atom stereocenters. The van der Waals surface area contributed by atoms with E-state index < -0.39 is 0 Å². The van der Waals surface area contributed by atoms with Crippen molar-refractivity contribution in [1.82, 2.24) is 0 Å². The maximum Gasteiger partial charge on any atom is 0.0367 e. The number of hydrogen-bond donors (Lipinski definition) is 0. The van der Waals surface area contributed by atoms with Gasteiger partial charge in [0, 0.05) is 18.3 Å². The summed E-state index contributed by atoms with van der Waals surface area (Å²) in [7, 11) is 2.12. The fraction of sp³-hybridized carbons (Fsp3) is 0.455. The van der Waals surface area contributed by atoms with E-state index in [0.29, 0.717) is 0 Å². The molecule has 1 aromatic rings. The van der Waals surface area contributed by atoms with Crippen LogP contribution in [0.3, 0.4) is 0 Å². The Morgan fingerprint density at radius 1 is 1.00 bits per heavy atom. The molecule has 0 aliphatic carbocycles. The van der Waals surface area contributed by atoms with Crippen molar-refractivity contribution in [3.8, 4) is 0 Å². The minimum absolute atomic E-state index is 0.196. The van der Waals surface area contributed by atoms with Gasteiger partial charge in [-0.25, -0.2) is 0 Å². The third-order valence-electron chi connectivity index (χ3n) is 2.15. The molecule has 0 bridgehead atoms. The average molecular weight is 163 g/mol. The van der Waals surface area contributed by atoms with Gasteiger partial charge in [-0.15, -0.1) is 0 Å². The van der Waals surface area contributed by atoms with Gasteiger partial charge in [0.25, 0.3) is 0 Å². The molecule has 0 aliphatic rings. The Balaban J connectivity index is 2.86. The zero-order chi connectivity index (χ0) is 9.19. The molecule has 1 aromatic carbocycles. The SMILES string of the molecule is CN(c1ccccc1)C(C)(C)C. The molecule has 0 saturated heterocycles. The van der Waals surface area contributed by atoms with Crippen molar-refractivity contribution in [1.29, 1.82) is 0 Å². The number of rotatable bonds is 1. The quantitative estimate of drug-likeness (QED) is 0.615. The first-order chi connectivity index (χ1) is 5.52. The summed E-state index contributed by atoms with van der Waals surface area (Å²) in [4.78, 5) is 2.27. The molecule has 12 heavy (non-hydrogen) atoms. The zero-order valence-electron chi connectivity index (χ0n) is 8.33. The Morgan fingerprint density at radius 2 is 1.50 bits per heavy atom. The Kier molecular flexibility index (Phi) is 2.41. The van der Waals surface area contributed by atoms with E-state index in [1.165, 1.54) is 5.69 Å². The van der Waals surface area contributed by atoms with E-state index in [4.69, 9.17) is 0 Å². The lowest BCUT2D eigenvalue weighted by Crippen LogP contribution is -2.37. The highest BCUT2D eigenvalue weighted by molar-refractivity contribution is 5.47. The van der Waals surface area contributed by atoms with Crippen molar-refractivity contribution in [3.63, 3.8) is 0 Å². The maximum absolute atomic E-state index is 2.27. The van der Waals surface area contributed by atoms with Crippen LogP contribution >= 0.6 is 0 Å². The number of benzene rings is 1. The molecule has 0 amide bonds. The highest BCUT2D eigenvalue weighted by Crippen LogP contribution is 2.20. The van der Waals surface area contributed by atoms with Crippen LogP contribution in [0.5, 0.6) is 0 Å². The minimum Gasteiger partial charge on any atom is -0.370 e. The predicted molar refractivity (Wildman–Crippen MR) is 54.6 cm³/mol. The average Bonchev–Trinajstić information content (AvgIpc) is 2.03. The lowest BCUT2D eigenvalue weighted by atomic mass is 10.1. The monoisotopic (exact) mass is 163 g/mol. The van der Waals surface area contributed by atoms with Gasteiger partial charge in [-0.3, -0.25) is 0 Å². The van der Waals surface area contributed by atoms with E-state index in [-0.39, 0.29) is 5.54 Å². The third-order valence-corrected chi connectivity index (χ3v) is 2.15. The lowest BCUT2D eigenvalue weighted by Gasteiger charge is -2.34. The summed E-state index contributed by atoms with van der Waals surface area (Å²) < 4.78 is 0. The van der Waals surface area contributed by atoms with Gasteiger partial charge in [-0.2, -0.15) is 0 Å². The molecule has 0 aliphatic heterocycles. The summed E-state index contributed by atoms with van der Waals surface area (Å²) in [5, 5.41) is 0. The van der Waals surface area contributed by atoms with E-state index in [9.17, 15) is 0 Å². The van der Waals surface area contributed by atoms with Crippen molar-refractivity contribution in [2.75, 3.05) is 11.9 Å². The van der Waals surface area contributed by atoms with Gasteiger partial charge in [0.1, 0.15) is 0 Å². The predicted octanol–water partition coefficient (Wildman–Crippen LogP) is 2.92. The van der Waals surface area contributed by atoms with Gasteiger partial charge in [-0.05, 0) is 32.9 Å². The summed E-state index contributed by atoms with van der Waals surface area (Å²) in [6.45, 7) is 6.62. The molecule has 1 rings (SSSR count). The van der Waals surface area contributed by atoms with Gasteiger partial charge in [0.15, 0.2) is 0 Å². The third kappa shape index (κ3) is 2.00. The van der Waals surface area contributed by atoms with E-state index in [2.05, 4.69) is 57.0 Å². The molecule has 0 heterocycles. The second kappa shape index (κ2) is 3.18. The van der Waals surface area contributed by atoms with E-state index in [1.807, 2.05) is 6.07 Å². The summed E-state index contributed by atoms with van der Waals surface area (Å²) in [5.74, 6) is 0. The molecule has 1 heteroatoms. The van der Waals surface area contributed by atoms with Crippen molar-refractivity contribution in [2.24, 2.45) is 0 Å². The Bertz CT molecular complexity index is 233. The van der Waals surface area contributed by atoms with Crippen molar-refractivity contribution >= 4 is 5.69 Å². The Morgan fingerprint density at radius 3 is 1.92 bits per heavy atom. The molecule has 0 fully saturated rings. The van der Waals surface area contributed by atoms with Crippen LogP contribution in [-0.2, 0) is 0 Å². The highest BCUT2D eigenvalue weighted by atomic mass is 15.2. The van der Waals surface area contributed by atoms with Gasteiger partial charge in [0.2, 0.25) is 0 Å².